The van der Waals surface area contributed by atoms with E-state index in [1.807, 2.05) is 12.2 Å². The van der Waals surface area contributed by atoms with Gasteiger partial charge in [-0.3, -0.25) is 4.72 Å². The Balaban J connectivity index is 1.49. The molecule has 2 aliphatic rings. The quantitative estimate of drug-likeness (QED) is 0.283. The van der Waals surface area contributed by atoms with Crippen LogP contribution in [0.3, 0.4) is 0 Å². The summed E-state index contributed by atoms with van der Waals surface area (Å²) >= 11 is 6.32. The number of fused-ring (bicyclic) bond motifs is 3. The van der Waals surface area contributed by atoms with E-state index >= 15 is 0 Å². The van der Waals surface area contributed by atoms with Gasteiger partial charge in [0, 0.05) is 27.9 Å². The summed E-state index contributed by atoms with van der Waals surface area (Å²) in [6.07, 6.45) is -0.0229. The number of benzene rings is 3. The molecule has 0 aromatic heterocycles. The molecule has 0 saturated heterocycles. The zero-order valence-electron chi connectivity index (χ0n) is 18.0. The minimum atomic E-state index is -4.60. The van der Waals surface area contributed by atoms with Crippen molar-refractivity contribution in [2.24, 2.45) is 5.92 Å². The van der Waals surface area contributed by atoms with Gasteiger partial charge in [-0.25, -0.2) is 12.8 Å². The number of alkyl halides is 3. The Morgan fingerprint density at radius 2 is 1.80 bits per heavy atom. The Morgan fingerprint density at radius 1 is 1.03 bits per heavy atom. The summed E-state index contributed by atoms with van der Waals surface area (Å²) in [6, 6.07) is 12.6. The number of hydrogen-bond acceptors (Lipinski definition) is 3. The molecule has 5 rings (SSSR count). The van der Waals surface area contributed by atoms with Crippen molar-refractivity contribution in [3.05, 3.63) is 100 Å². The molecule has 1 heterocycles. The van der Waals surface area contributed by atoms with Gasteiger partial charge in [-0.2, -0.15) is 13.2 Å². The highest BCUT2D eigenvalue weighted by molar-refractivity contribution is 7.92. The molecule has 0 unspecified atom stereocenters. The second kappa shape index (κ2) is 8.57. The summed E-state index contributed by atoms with van der Waals surface area (Å²) in [4.78, 5) is -0.0862. The number of allylic oxidation sites excluding steroid dienone is 2. The fraction of sp³-hybridized carbons (Fsp3) is 0.200. The highest BCUT2D eigenvalue weighted by atomic mass is 35.5. The zero-order chi connectivity index (χ0) is 25.0. The summed E-state index contributed by atoms with van der Waals surface area (Å²) in [5.74, 6) is -0.699. The van der Waals surface area contributed by atoms with Gasteiger partial charge < -0.3 is 5.32 Å². The topological polar surface area (TPSA) is 58.2 Å². The van der Waals surface area contributed by atoms with Crippen molar-refractivity contribution >= 4 is 33.0 Å². The summed E-state index contributed by atoms with van der Waals surface area (Å²) in [7, 11) is -4.17. The van der Waals surface area contributed by atoms with Gasteiger partial charge >= 0.3 is 6.18 Å². The highest BCUT2D eigenvalue weighted by Gasteiger charge is 2.40. The summed E-state index contributed by atoms with van der Waals surface area (Å²) < 4.78 is 82.0. The lowest BCUT2D eigenvalue weighted by Crippen LogP contribution is -2.30. The first-order chi connectivity index (χ1) is 16.5. The van der Waals surface area contributed by atoms with E-state index in [0.29, 0.717) is 28.3 Å². The second-order valence-corrected chi connectivity index (χ2v) is 10.6. The summed E-state index contributed by atoms with van der Waals surface area (Å²) in [6.45, 7) is 0. The molecule has 10 heteroatoms. The van der Waals surface area contributed by atoms with Crippen molar-refractivity contribution in [3.8, 4) is 0 Å². The van der Waals surface area contributed by atoms with E-state index in [4.69, 9.17) is 11.6 Å². The van der Waals surface area contributed by atoms with Crippen LogP contribution in [0, 0.1) is 11.7 Å². The molecule has 0 saturated carbocycles. The van der Waals surface area contributed by atoms with E-state index in [2.05, 4.69) is 10.0 Å². The number of nitrogens with one attached hydrogen (secondary N) is 2. The first-order valence-corrected chi connectivity index (χ1v) is 12.6. The van der Waals surface area contributed by atoms with E-state index in [9.17, 15) is 26.0 Å². The summed E-state index contributed by atoms with van der Waals surface area (Å²) in [5.41, 5.74) is 0.564. The molecule has 35 heavy (non-hydrogen) atoms. The van der Waals surface area contributed by atoms with Crippen LogP contribution in [0.25, 0.3) is 0 Å². The maximum Gasteiger partial charge on any atom is 0.416 e. The molecule has 4 nitrogen and oxygen atoms in total. The van der Waals surface area contributed by atoms with Gasteiger partial charge in [0.2, 0.25) is 0 Å². The molecular weight excluding hydrogens is 504 g/mol. The van der Waals surface area contributed by atoms with E-state index in [-0.39, 0.29) is 22.4 Å². The summed E-state index contributed by atoms with van der Waals surface area (Å²) in [5, 5.41) is 3.62. The average molecular weight is 523 g/mol. The predicted molar refractivity (Wildman–Crippen MR) is 126 cm³/mol. The lowest BCUT2D eigenvalue weighted by atomic mass is 9.77. The Morgan fingerprint density at radius 3 is 2.54 bits per heavy atom. The average Bonchev–Trinajstić information content (AvgIpc) is 3.28. The van der Waals surface area contributed by atoms with Crippen LogP contribution in [-0.2, 0) is 16.2 Å². The molecule has 0 amide bonds. The first kappa shape index (κ1) is 23.7. The van der Waals surface area contributed by atoms with Crippen LogP contribution in [0.1, 0.15) is 35.1 Å². The standard InChI is InChI=1S/C25H19ClF4N2O2S/c26-20-8-3-9-21(27)23(20)24-18-7-2-6-17(18)19-13-16(10-11-22(19)31-24)35(33,34)32-15-5-1-4-14(12-15)25(28,29)30/h1-6,8-13,17-18,24,31-32H,7H2/t17-,18+,24-/m0/s1. The maximum absolute atomic E-state index is 14.7. The molecule has 1 aliphatic heterocycles. The molecule has 3 aromatic carbocycles. The molecule has 0 fully saturated rings. The van der Waals surface area contributed by atoms with Crippen molar-refractivity contribution in [1.82, 2.24) is 0 Å². The number of anilines is 2. The lowest BCUT2D eigenvalue weighted by molar-refractivity contribution is -0.137. The Kier molecular flexibility index (Phi) is 5.80. The van der Waals surface area contributed by atoms with Crippen LogP contribution in [0.15, 0.2) is 77.7 Å². The van der Waals surface area contributed by atoms with E-state index in [0.717, 1.165) is 18.2 Å². The van der Waals surface area contributed by atoms with Crippen molar-refractivity contribution in [2.75, 3.05) is 10.0 Å². The van der Waals surface area contributed by atoms with Crippen molar-refractivity contribution in [1.29, 1.82) is 0 Å². The van der Waals surface area contributed by atoms with Crippen LogP contribution < -0.4 is 10.0 Å². The third-order valence-corrected chi connectivity index (χ3v) is 8.11. The molecule has 3 aromatic rings. The highest BCUT2D eigenvalue weighted by Crippen LogP contribution is 2.51. The van der Waals surface area contributed by atoms with Gasteiger partial charge in [0.25, 0.3) is 10.0 Å². The van der Waals surface area contributed by atoms with Crippen LogP contribution in [0.4, 0.5) is 28.9 Å². The monoisotopic (exact) mass is 522 g/mol. The SMILES string of the molecule is O=S(=O)(Nc1cccc(C(F)(F)F)c1)c1ccc2c(c1)[C@H]1C=CC[C@H]1[C@@H](c1c(F)cccc1Cl)N2. The van der Waals surface area contributed by atoms with E-state index < -0.39 is 33.6 Å². The zero-order valence-corrected chi connectivity index (χ0v) is 19.6. The van der Waals surface area contributed by atoms with E-state index in [1.54, 1.807) is 12.1 Å². The number of rotatable bonds is 4. The molecule has 1 aliphatic carbocycles. The number of halogens is 5. The van der Waals surface area contributed by atoms with Gasteiger partial charge in [-0.05, 0) is 66.4 Å². The minimum absolute atomic E-state index is 0.0862. The smallest absolute Gasteiger partial charge is 0.378 e. The Hall–Kier alpha value is -3.04. The van der Waals surface area contributed by atoms with Crippen LogP contribution >= 0.6 is 11.6 Å². The fourth-order valence-electron chi connectivity index (χ4n) is 4.81. The van der Waals surface area contributed by atoms with Gasteiger partial charge in [0.05, 0.1) is 16.5 Å². The number of sulfonamides is 1. The largest absolute Gasteiger partial charge is 0.416 e. The van der Waals surface area contributed by atoms with Gasteiger partial charge in [-0.1, -0.05) is 35.9 Å². The fourth-order valence-corrected chi connectivity index (χ4v) is 6.17. The van der Waals surface area contributed by atoms with Crippen molar-refractivity contribution in [3.63, 3.8) is 0 Å². The maximum atomic E-state index is 14.7. The normalized spacial score (nSPS) is 21.2. The molecule has 182 valence electrons. The third-order valence-electron chi connectivity index (χ3n) is 6.40. The van der Waals surface area contributed by atoms with Crippen LogP contribution in [-0.4, -0.2) is 8.42 Å². The molecule has 3 atom stereocenters. The molecule has 0 radical (unpaired) electrons. The molecule has 0 bridgehead atoms. The molecule has 2 N–H and O–H groups in total. The Bertz CT molecular complexity index is 1420. The minimum Gasteiger partial charge on any atom is -0.378 e. The Labute approximate surface area is 204 Å². The van der Waals surface area contributed by atoms with Crippen LogP contribution in [0.5, 0.6) is 0 Å². The predicted octanol–water partition coefficient (Wildman–Crippen LogP) is 7.13. The third kappa shape index (κ3) is 4.38. The van der Waals surface area contributed by atoms with Gasteiger partial charge in [0.15, 0.2) is 0 Å². The van der Waals surface area contributed by atoms with Crippen molar-refractivity contribution in [2.45, 2.75) is 29.5 Å². The van der Waals surface area contributed by atoms with Crippen LogP contribution in [0.2, 0.25) is 5.02 Å². The molecule has 0 spiro atoms. The second-order valence-electron chi connectivity index (χ2n) is 8.54. The first-order valence-electron chi connectivity index (χ1n) is 10.8. The van der Waals surface area contributed by atoms with Gasteiger partial charge in [-0.15, -0.1) is 0 Å². The van der Waals surface area contributed by atoms with Crippen molar-refractivity contribution < 1.29 is 26.0 Å². The van der Waals surface area contributed by atoms with E-state index in [1.165, 1.54) is 30.3 Å². The molecular formula is C25H19ClF4N2O2S. The van der Waals surface area contributed by atoms with Gasteiger partial charge in [0.1, 0.15) is 5.82 Å². The number of hydrogen-bond donors (Lipinski definition) is 2. The lowest BCUT2D eigenvalue weighted by Gasteiger charge is -2.38.